The second-order valence-corrected chi connectivity index (χ2v) is 8.41. The minimum atomic E-state index is -4.61. The monoisotopic (exact) mass is 462 g/mol. The van der Waals surface area contributed by atoms with Crippen molar-refractivity contribution >= 4 is 43.9 Å². The van der Waals surface area contributed by atoms with E-state index in [0.717, 1.165) is 12.2 Å². The zero-order valence-corrected chi connectivity index (χ0v) is 17.5. The Morgan fingerprint density at radius 1 is 0.879 bits per heavy atom. The van der Waals surface area contributed by atoms with E-state index < -0.39 is 44.5 Å². The summed E-state index contributed by atoms with van der Waals surface area (Å²) in [5.41, 5.74) is 6.80. The van der Waals surface area contributed by atoms with Gasteiger partial charge in [-0.25, -0.2) is 5.53 Å². The summed E-state index contributed by atoms with van der Waals surface area (Å²) in [7, 11) is -4.61. The molecule has 0 unspecified atom stereocenters. The zero-order valence-electron chi connectivity index (χ0n) is 16.7. The molecule has 9 nitrogen and oxygen atoms in total. The quantitative estimate of drug-likeness (QED) is 0.141. The summed E-state index contributed by atoms with van der Waals surface area (Å²) in [5, 5.41) is 13.5. The van der Waals surface area contributed by atoms with E-state index in [2.05, 4.69) is 5.11 Å². The van der Waals surface area contributed by atoms with Crippen molar-refractivity contribution in [3.63, 3.8) is 0 Å². The van der Waals surface area contributed by atoms with Crippen LogP contribution in [0.15, 0.2) is 94.2 Å². The van der Waals surface area contributed by atoms with Crippen molar-refractivity contribution in [1.29, 1.82) is 5.53 Å². The Labute approximate surface area is 187 Å². The molecule has 0 fully saturated rings. The molecule has 0 bridgehead atoms. The minimum Gasteiger partial charge on any atom is -0.505 e. The molecule has 0 saturated carbocycles. The molecule has 164 valence electrons. The summed E-state index contributed by atoms with van der Waals surface area (Å²) in [6.45, 7) is 0. The van der Waals surface area contributed by atoms with E-state index in [9.17, 15) is 27.9 Å². The average molecular weight is 462 g/mol. The third kappa shape index (κ3) is 3.83. The Balaban J connectivity index is 1.71. The topological polar surface area (TPSA) is 151 Å². The highest BCUT2D eigenvalue weighted by Crippen LogP contribution is 2.37. The van der Waals surface area contributed by atoms with E-state index in [1.807, 2.05) is 0 Å². The van der Waals surface area contributed by atoms with Crippen molar-refractivity contribution in [2.45, 2.75) is 4.90 Å². The number of Topliss-reactive ketones (excluding diaryl/α,β-unsaturated/α-hetero) is 3. The SMILES string of the molecule is N=Nc1ccc2c(S(=O)(=O)OC3=CC=C(C(=O)c4ccccc4)C(=O)C3=O)cccc2c1O. The molecule has 0 heterocycles. The van der Waals surface area contributed by atoms with Gasteiger partial charge in [0.25, 0.3) is 5.78 Å². The lowest BCUT2D eigenvalue weighted by atomic mass is 9.94. The highest BCUT2D eigenvalue weighted by Gasteiger charge is 2.34. The molecule has 33 heavy (non-hydrogen) atoms. The van der Waals surface area contributed by atoms with E-state index in [0.29, 0.717) is 0 Å². The lowest BCUT2D eigenvalue weighted by Crippen LogP contribution is -2.28. The summed E-state index contributed by atoms with van der Waals surface area (Å²) in [6, 6.07) is 14.4. The molecule has 0 amide bonds. The molecule has 0 spiro atoms. The lowest BCUT2D eigenvalue weighted by molar-refractivity contribution is -0.133. The van der Waals surface area contributed by atoms with Gasteiger partial charge < -0.3 is 9.29 Å². The summed E-state index contributed by atoms with van der Waals surface area (Å²) in [4.78, 5) is 37.1. The van der Waals surface area contributed by atoms with Crippen molar-refractivity contribution in [3.8, 4) is 5.75 Å². The van der Waals surface area contributed by atoms with Crippen molar-refractivity contribution < 1.29 is 32.1 Å². The minimum absolute atomic E-state index is 0.0607. The summed E-state index contributed by atoms with van der Waals surface area (Å²) < 4.78 is 30.8. The van der Waals surface area contributed by atoms with Crippen LogP contribution in [0.5, 0.6) is 5.75 Å². The van der Waals surface area contributed by atoms with Crippen LogP contribution in [-0.2, 0) is 23.9 Å². The highest BCUT2D eigenvalue weighted by atomic mass is 32.2. The maximum atomic E-state index is 12.9. The summed E-state index contributed by atoms with van der Waals surface area (Å²) in [5.74, 6) is -4.29. The first kappa shape index (κ1) is 21.8. The molecule has 0 aromatic heterocycles. The van der Waals surface area contributed by atoms with Crippen molar-refractivity contribution in [1.82, 2.24) is 0 Å². The standard InChI is InChI=1S/C23H14N2O7S/c24-25-17-11-9-14-15(21(17)27)7-4-8-19(14)33(30,31)32-18-12-10-16(22(28)23(18)29)20(26)13-5-2-1-3-6-13/h1-12,24,27H. The Morgan fingerprint density at radius 3 is 2.30 bits per heavy atom. The fourth-order valence-electron chi connectivity index (χ4n) is 3.31. The molecule has 0 atom stereocenters. The Bertz CT molecular complexity index is 1520. The number of nitrogens with zero attached hydrogens (tertiary/aromatic N) is 1. The molecule has 1 aliphatic carbocycles. The maximum absolute atomic E-state index is 12.9. The van der Waals surface area contributed by atoms with E-state index in [1.165, 1.54) is 42.5 Å². The van der Waals surface area contributed by atoms with Crippen LogP contribution in [0, 0.1) is 5.53 Å². The van der Waals surface area contributed by atoms with Crippen molar-refractivity contribution in [2.24, 2.45) is 5.11 Å². The molecule has 3 aromatic carbocycles. The van der Waals surface area contributed by atoms with Crippen LogP contribution in [0.2, 0.25) is 0 Å². The van der Waals surface area contributed by atoms with E-state index in [1.54, 1.807) is 18.2 Å². The van der Waals surface area contributed by atoms with Gasteiger partial charge in [-0.15, -0.1) is 0 Å². The number of allylic oxidation sites excluding steroid dienone is 4. The molecule has 2 N–H and O–H groups in total. The number of nitrogens with one attached hydrogen (secondary N) is 1. The number of phenols is 1. The molecule has 3 aromatic rings. The number of carbonyl (C=O) groups excluding carboxylic acids is 3. The van der Waals surface area contributed by atoms with Crippen LogP contribution in [0.1, 0.15) is 10.4 Å². The smallest absolute Gasteiger partial charge is 0.339 e. The number of fused-ring (bicyclic) bond motifs is 1. The van der Waals surface area contributed by atoms with Gasteiger partial charge in [0.15, 0.2) is 17.3 Å². The van der Waals surface area contributed by atoms with E-state index in [-0.39, 0.29) is 26.9 Å². The average Bonchev–Trinajstić information content (AvgIpc) is 2.82. The third-order valence-electron chi connectivity index (χ3n) is 4.92. The first-order valence-corrected chi connectivity index (χ1v) is 10.8. The first-order chi connectivity index (χ1) is 15.7. The lowest BCUT2D eigenvalue weighted by Gasteiger charge is -2.14. The molecule has 1 aliphatic rings. The number of phenolic OH excluding ortho intramolecular Hbond substituents is 1. The molecule has 4 rings (SSSR count). The zero-order chi connectivity index (χ0) is 23.8. The van der Waals surface area contributed by atoms with Gasteiger partial charge in [0.2, 0.25) is 5.78 Å². The van der Waals surface area contributed by atoms with Crippen molar-refractivity contribution in [3.05, 3.63) is 89.7 Å². The maximum Gasteiger partial charge on any atom is 0.339 e. The van der Waals surface area contributed by atoms with Crippen LogP contribution in [-0.4, -0.2) is 30.9 Å². The van der Waals surface area contributed by atoms with Crippen LogP contribution < -0.4 is 0 Å². The molecule has 0 radical (unpaired) electrons. The van der Waals surface area contributed by atoms with E-state index in [4.69, 9.17) is 9.71 Å². The Hall–Kier alpha value is -4.44. The number of carbonyl (C=O) groups is 3. The highest BCUT2D eigenvalue weighted by molar-refractivity contribution is 7.87. The van der Waals surface area contributed by atoms with Gasteiger partial charge in [-0.1, -0.05) is 48.5 Å². The van der Waals surface area contributed by atoms with Crippen molar-refractivity contribution in [2.75, 3.05) is 0 Å². The van der Waals surface area contributed by atoms with Gasteiger partial charge >= 0.3 is 10.1 Å². The van der Waals surface area contributed by atoms with Gasteiger partial charge in [-0.2, -0.15) is 13.5 Å². The van der Waals surface area contributed by atoms with Gasteiger partial charge in [0.05, 0.1) is 5.57 Å². The predicted molar refractivity (Wildman–Crippen MR) is 116 cm³/mol. The van der Waals surface area contributed by atoms with Crippen LogP contribution >= 0.6 is 0 Å². The largest absolute Gasteiger partial charge is 0.505 e. The number of hydrogen-bond acceptors (Lipinski definition) is 9. The summed E-state index contributed by atoms with van der Waals surface area (Å²) in [6.07, 6.45) is 2.00. The molecule has 10 heteroatoms. The third-order valence-corrected chi connectivity index (χ3v) is 6.21. The first-order valence-electron chi connectivity index (χ1n) is 9.42. The van der Waals surface area contributed by atoms with Gasteiger partial charge in [-0.05, 0) is 24.3 Å². The summed E-state index contributed by atoms with van der Waals surface area (Å²) >= 11 is 0. The van der Waals surface area contributed by atoms with Gasteiger partial charge in [0.1, 0.15) is 10.6 Å². The molecular weight excluding hydrogens is 448 g/mol. The number of hydrogen-bond donors (Lipinski definition) is 2. The van der Waals surface area contributed by atoms with E-state index >= 15 is 0 Å². The second-order valence-electron chi connectivity index (χ2n) is 6.90. The number of ketones is 3. The second kappa shape index (κ2) is 8.24. The van der Waals surface area contributed by atoms with Crippen LogP contribution in [0.25, 0.3) is 10.8 Å². The van der Waals surface area contributed by atoms with Gasteiger partial charge in [-0.3, -0.25) is 14.4 Å². The predicted octanol–water partition coefficient (Wildman–Crippen LogP) is 3.76. The fourth-order valence-corrected chi connectivity index (χ4v) is 4.46. The number of rotatable bonds is 6. The molecular formula is C23H14N2O7S. The number of benzene rings is 3. The van der Waals surface area contributed by atoms with Gasteiger partial charge in [0, 0.05) is 16.3 Å². The van der Waals surface area contributed by atoms with Crippen LogP contribution in [0.3, 0.4) is 0 Å². The normalized spacial score (nSPS) is 13.9. The number of aromatic hydroxyl groups is 1. The van der Waals surface area contributed by atoms with Crippen LogP contribution in [0.4, 0.5) is 5.69 Å². The molecule has 0 aliphatic heterocycles. The Kier molecular flexibility index (Phi) is 5.44. The molecule has 0 saturated heterocycles. The Morgan fingerprint density at radius 2 is 1.61 bits per heavy atom. The fraction of sp³-hybridized carbons (Fsp3) is 0.